The van der Waals surface area contributed by atoms with Gasteiger partial charge in [-0.15, -0.1) is 0 Å². The van der Waals surface area contributed by atoms with Crippen LogP contribution in [0.1, 0.15) is 23.2 Å². The van der Waals surface area contributed by atoms with Crippen molar-refractivity contribution in [3.63, 3.8) is 0 Å². The number of aromatic hydroxyl groups is 1. The summed E-state index contributed by atoms with van der Waals surface area (Å²) >= 11 is 1.89. The Bertz CT molecular complexity index is 503. The third kappa shape index (κ3) is 2.29. The van der Waals surface area contributed by atoms with Crippen molar-refractivity contribution in [2.24, 2.45) is 0 Å². The van der Waals surface area contributed by atoms with Crippen LogP contribution in [0, 0.1) is 3.57 Å². The Balaban J connectivity index is 2.45. The van der Waals surface area contributed by atoms with Crippen LogP contribution < -0.4 is 4.90 Å². The number of carbonyl (C=O) groups excluding carboxylic acids is 1. The van der Waals surface area contributed by atoms with Crippen molar-refractivity contribution >= 4 is 40.5 Å². The maximum Gasteiger partial charge on any atom is 0.339 e. The molecule has 0 unspecified atom stereocenters. The largest absolute Gasteiger partial charge is 0.506 e. The number of aromatic carboxylic acids is 1. The van der Waals surface area contributed by atoms with E-state index in [0.717, 1.165) is 25.7 Å². The number of hydrogen-bond donors (Lipinski definition) is 2. The third-order valence-corrected chi connectivity index (χ3v) is 3.89. The van der Waals surface area contributed by atoms with Crippen LogP contribution in [0.4, 0.5) is 5.69 Å². The zero-order valence-corrected chi connectivity index (χ0v) is 11.6. The van der Waals surface area contributed by atoms with Crippen LogP contribution >= 0.6 is 22.6 Å². The van der Waals surface area contributed by atoms with Gasteiger partial charge in [0.05, 0.1) is 9.61 Å². The highest BCUT2D eigenvalue weighted by Gasteiger charge is 2.26. The van der Waals surface area contributed by atoms with E-state index in [4.69, 9.17) is 5.11 Å². The minimum Gasteiger partial charge on any atom is -0.506 e. The molecule has 96 valence electrons. The summed E-state index contributed by atoms with van der Waals surface area (Å²) in [4.78, 5) is 23.9. The van der Waals surface area contributed by atoms with Crippen LogP contribution in [0.2, 0.25) is 0 Å². The molecule has 2 N–H and O–H groups in total. The summed E-state index contributed by atoms with van der Waals surface area (Å²) in [5.41, 5.74) is 0.539. The lowest BCUT2D eigenvalue weighted by Gasteiger charge is -2.23. The molecule has 1 saturated heterocycles. The number of carboxylic acid groups (broad SMARTS) is 1. The first kappa shape index (κ1) is 13.1. The summed E-state index contributed by atoms with van der Waals surface area (Å²) in [6.45, 7) is 0.726. The average molecular weight is 361 g/mol. The van der Waals surface area contributed by atoms with E-state index in [1.54, 1.807) is 6.07 Å². The predicted molar refractivity (Wildman–Crippen MR) is 74.2 cm³/mol. The van der Waals surface area contributed by atoms with E-state index < -0.39 is 5.97 Å². The van der Waals surface area contributed by atoms with Gasteiger partial charge in [-0.2, -0.15) is 0 Å². The molecule has 2 rings (SSSR count). The molecule has 1 fully saturated rings. The van der Waals surface area contributed by atoms with Crippen molar-refractivity contribution < 1.29 is 19.8 Å². The molecule has 1 aliphatic heterocycles. The summed E-state index contributed by atoms with van der Waals surface area (Å²) in [6, 6.07) is 2.92. The van der Waals surface area contributed by atoms with Gasteiger partial charge in [0.15, 0.2) is 0 Å². The highest BCUT2D eigenvalue weighted by Crippen LogP contribution is 2.33. The Morgan fingerprint density at radius 3 is 2.83 bits per heavy atom. The molecule has 0 aliphatic carbocycles. The third-order valence-electron chi connectivity index (χ3n) is 3.07. The molecule has 0 spiro atoms. The number of carboxylic acids is 1. The van der Waals surface area contributed by atoms with Crippen LogP contribution in [-0.2, 0) is 4.79 Å². The Kier molecular flexibility index (Phi) is 3.74. The molecule has 1 aliphatic rings. The second kappa shape index (κ2) is 5.13. The predicted octanol–water partition coefficient (Wildman–Crippen LogP) is 1.86. The van der Waals surface area contributed by atoms with Crippen LogP contribution in [0.15, 0.2) is 12.1 Å². The molecular formula is C12H12INO4. The number of phenols is 1. The molecule has 0 radical (unpaired) electrons. The first-order chi connectivity index (χ1) is 8.54. The maximum absolute atomic E-state index is 11.0. The zero-order valence-electron chi connectivity index (χ0n) is 9.47. The van der Waals surface area contributed by atoms with Crippen molar-refractivity contribution in [2.45, 2.75) is 18.9 Å². The first-order valence-electron chi connectivity index (χ1n) is 5.52. The fraction of sp³-hybridized carbons (Fsp3) is 0.333. The van der Waals surface area contributed by atoms with Crippen LogP contribution in [0.25, 0.3) is 0 Å². The molecule has 0 saturated carbocycles. The average Bonchev–Trinajstić information content (AvgIpc) is 2.80. The number of halogens is 1. The number of carbonyl (C=O) groups is 2. The van der Waals surface area contributed by atoms with Crippen LogP contribution in [0.3, 0.4) is 0 Å². The van der Waals surface area contributed by atoms with Gasteiger partial charge in [-0.05, 0) is 47.6 Å². The van der Waals surface area contributed by atoms with E-state index in [-0.39, 0.29) is 17.4 Å². The van der Waals surface area contributed by atoms with E-state index in [0.29, 0.717) is 9.26 Å². The second-order valence-corrected chi connectivity index (χ2v) is 5.33. The standard InChI is InChI=1S/C12H12INO4/c13-10-5-8(4-9(11(10)16)12(17)18)14-3-1-2-7(14)6-15/h4-7,16H,1-3H2,(H,17,18)/t7-/m0/s1. The summed E-state index contributed by atoms with van der Waals surface area (Å²) in [7, 11) is 0. The fourth-order valence-corrected chi connectivity index (χ4v) is 2.78. The molecule has 1 atom stereocenters. The van der Waals surface area contributed by atoms with Gasteiger partial charge in [-0.1, -0.05) is 0 Å². The highest BCUT2D eigenvalue weighted by molar-refractivity contribution is 14.1. The lowest BCUT2D eigenvalue weighted by atomic mass is 10.1. The van der Waals surface area contributed by atoms with Crippen LogP contribution in [0.5, 0.6) is 5.75 Å². The lowest BCUT2D eigenvalue weighted by molar-refractivity contribution is -0.108. The van der Waals surface area contributed by atoms with Gasteiger partial charge in [0, 0.05) is 12.2 Å². The minimum absolute atomic E-state index is 0.131. The molecule has 0 bridgehead atoms. The van der Waals surface area contributed by atoms with Crippen molar-refractivity contribution in [1.82, 2.24) is 0 Å². The summed E-state index contributed by atoms with van der Waals surface area (Å²) in [5.74, 6) is -1.40. The van der Waals surface area contributed by atoms with E-state index in [1.807, 2.05) is 27.5 Å². The van der Waals surface area contributed by atoms with Gasteiger partial charge in [-0.3, -0.25) is 0 Å². The molecule has 1 aromatic carbocycles. The van der Waals surface area contributed by atoms with Crippen molar-refractivity contribution in [3.8, 4) is 5.75 Å². The number of nitrogens with zero attached hydrogens (tertiary/aromatic N) is 1. The smallest absolute Gasteiger partial charge is 0.339 e. The lowest BCUT2D eigenvalue weighted by Crippen LogP contribution is -2.30. The van der Waals surface area contributed by atoms with Gasteiger partial charge in [0.2, 0.25) is 0 Å². The minimum atomic E-state index is -1.17. The zero-order chi connectivity index (χ0) is 13.3. The molecule has 5 nitrogen and oxygen atoms in total. The van der Waals surface area contributed by atoms with Gasteiger partial charge < -0.3 is 19.9 Å². The fourth-order valence-electron chi connectivity index (χ4n) is 2.17. The van der Waals surface area contributed by atoms with Gasteiger partial charge in [0.25, 0.3) is 0 Å². The summed E-state index contributed by atoms with van der Waals surface area (Å²) < 4.78 is 0.471. The van der Waals surface area contributed by atoms with E-state index in [1.165, 1.54) is 6.07 Å². The summed E-state index contributed by atoms with van der Waals surface area (Å²) in [5, 5.41) is 18.7. The molecule has 1 aromatic rings. The number of aldehydes is 1. The summed E-state index contributed by atoms with van der Waals surface area (Å²) in [6.07, 6.45) is 2.57. The molecule has 1 heterocycles. The monoisotopic (exact) mass is 361 g/mol. The molecule has 6 heteroatoms. The SMILES string of the molecule is O=C[C@@H]1CCCN1c1cc(I)c(O)c(C(=O)O)c1. The van der Waals surface area contributed by atoms with Crippen LogP contribution in [-0.4, -0.2) is 35.1 Å². The Morgan fingerprint density at radius 2 is 2.22 bits per heavy atom. The molecule has 0 amide bonds. The number of hydrogen-bond acceptors (Lipinski definition) is 4. The number of rotatable bonds is 3. The van der Waals surface area contributed by atoms with E-state index in [2.05, 4.69) is 0 Å². The van der Waals surface area contributed by atoms with Gasteiger partial charge in [-0.25, -0.2) is 4.79 Å². The Labute approximate surface area is 118 Å². The van der Waals surface area contributed by atoms with Crippen molar-refractivity contribution in [1.29, 1.82) is 0 Å². The van der Waals surface area contributed by atoms with E-state index in [9.17, 15) is 14.7 Å². The van der Waals surface area contributed by atoms with Gasteiger partial charge in [0.1, 0.15) is 17.6 Å². The second-order valence-electron chi connectivity index (χ2n) is 4.17. The van der Waals surface area contributed by atoms with Crippen molar-refractivity contribution in [3.05, 3.63) is 21.3 Å². The Hall–Kier alpha value is -1.31. The highest BCUT2D eigenvalue weighted by atomic mass is 127. The number of anilines is 1. The van der Waals surface area contributed by atoms with E-state index >= 15 is 0 Å². The topological polar surface area (TPSA) is 77.8 Å². The number of benzene rings is 1. The first-order valence-corrected chi connectivity index (χ1v) is 6.60. The normalized spacial score (nSPS) is 18.9. The quantitative estimate of drug-likeness (QED) is 0.635. The molecule has 0 aromatic heterocycles. The van der Waals surface area contributed by atoms with Gasteiger partial charge >= 0.3 is 5.97 Å². The molecule has 18 heavy (non-hydrogen) atoms. The Morgan fingerprint density at radius 1 is 1.50 bits per heavy atom. The molecular weight excluding hydrogens is 349 g/mol. The maximum atomic E-state index is 11.0. The van der Waals surface area contributed by atoms with Crippen molar-refractivity contribution in [2.75, 3.05) is 11.4 Å².